The topological polar surface area (TPSA) is 87.7 Å². The Bertz CT molecular complexity index is 441. The van der Waals surface area contributed by atoms with E-state index in [1.165, 1.54) is 0 Å². The lowest BCUT2D eigenvalue weighted by atomic mass is 9.92. The normalized spacial score (nSPS) is 12.2. The number of carbonyl (C=O) groups is 1. The number of carbonyl (C=O) groups excluding carboxylic acids is 1. The first-order valence-electron chi connectivity index (χ1n) is 6.24. The molecule has 0 aromatic heterocycles. The molecule has 0 heterocycles. The molecule has 19 heavy (non-hydrogen) atoms. The lowest BCUT2D eigenvalue weighted by molar-refractivity contribution is -0.121. The number of nitrogens with one attached hydrogen (secondary N) is 1. The summed E-state index contributed by atoms with van der Waals surface area (Å²) in [6, 6.07) is 9.84. The fourth-order valence-corrected chi connectivity index (χ4v) is 1.54. The van der Waals surface area contributed by atoms with E-state index < -0.39 is 5.41 Å². The standard InChI is InChI=1S/C14H21N3O2/c1-14(2,13(15)17-19)10-16-12(18)9-8-11-6-4-3-5-7-11/h3-7,19H,8-10H2,1-2H3,(H2,15,17)(H,16,18). The second kappa shape index (κ2) is 6.78. The average molecular weight is 263 g/mol. The number of amides is 1. The minimum Gasteiger partial charge on any atom is -0.409 e. The summed E-state index contributed by atoms with van der Waals surface area (Å²) < 4.78 is 0. The zero-order valence-electron chi connectivity index (χ0n) is 11.4. The van der Waals surface area contributed by atoms with Gasteiger partial charge in [-0.3, -0.25) is 4.79 Å². The zero-order chi connectivity index (χ0) is 14.3. The van der Waals surface area contributed by atoms with Crippen LogP contribution in [0.2, 0.25) is 0 Å². The second-order valence-electron chi connectivity index (χ2n) is 5.13. The highest BCUT2D eigenvalue weighted by molar-refractivity contribution is 5.86. The molecule has 0 atom stereocenters. The van der Waals surface area contributed by atoms with E-state index in [0.29, 0.717) is 19.4 Å². The molecule has 5 heteroatoms. The van der Waals surface area contributed by atoms with Gasteiger partial charge in [0.05, 0.1) is 0 Å². The van der Waals surface area contributed by atoms with Crippen molar-refractivity contribution in [1.82, 2.24) is 5.32 Å². The minimum atomic E-state index is -0.558. The highest BCUT2D eigenvalue weighted by Crippen LogP contribution is 2.13. The Balaban J connectivity index is 2.36. The molecule has 5 nitrogen and oxygen atoms in total. The van der Waals surface area contributed by atoms with Gasteiger partial charge in [-0.1, -0.05) is 49.3 Å². The molecule has 1 rings (SSSR count). The minimum absolute atomic E-state index is 0.0392. The van der Waals surface area contributed by atoms with Crippen molar-refractivity contribution >= 4 is 11.7 Å². The van der Waals surface area contributed by atoms with Crippen molar-refractivity contribution in [2.24, 2.45) is 16.3 Å². The van der Waals surface area contributed by atoms with Crippen molar-refractivity contribution in [2.45, 2.75) is 26.7 Å². The Morgan fingerprint density at radius 2 is 2.00 bits per heavy atom. The van der Waals surface area contributed by atoms with E-state index in [1.54, 1.807) is 13.8 Å². The van der Waals surface area contributed by atoms with Crippen LogP contribution in [0.4, 0.5) is 0 Å². The summed E-state index contributed by atoms with van der Waals surface area (Å²) in [5.41, 5.74) is 6.13. The van der Waals surface area contributed by atoms with Gasteiger partial charge in [0.2, 0.25) is 5.91 Å². The largest absolute Gasteiger partial charge is 0.409 e. The van der Waals surface area contributed by atoms with Crippen LogP contribution in [0.5, 0.6) is 0 Å². The monoisotopic (exact) mass is 263 g/mol. The molecule has 0 fully saturated rings. The highest BCUT2D eigenvalue weighted by Gasteiger charge is 2.24. The van der Waals surface area contributed by atoms with Crippen molar-refractivity contribution in [3.63, 3.8) is 0 Å². The number of benzene rings is 1. The fourth-order valence-electron chi connectivity index (χ4n) is 1.54. The summed E-state index contributed by atoms with van der Waals surface area (Å²) in [5, 5.41) is 14.4. The Morgan fingerprint density at radius 3 is 2.58 bits per heavy atom. The van der Waals surface area contributed by atoms with E-state index in [0.717, 1.165) is 5.56 Å². The molecule has 104 valence electrons. The number of aryl methyl sites for hydroxylation is 1. The van der Waals surface area contributed by atoms with Crippen molar-refractivity contribution in [3.8, 4) is 0 Å². The van der Waals surface area contributed by atoms with Gasteiger partial charge in [-0.2, -0.15) is 0 Å². The van der Waals surface area contributed by atoms with Crippen molar-refractivity contribution < 1.29 is 10.0 Å². The predicted octanol–water partition coefficient (Wildman–Crippen LogP) is 1.51. The van der Waals surface area contributed by atoms with E-state index in [2.05, 4.69) is 10.5 Å². The van der Waals surface area contributed by atoms with Crippen LogP contribution < -0.4 is 11.1 Å². The SMILES string of the molecule is CC(C)(CNC(=O)CCc1ccccc1)/C(N)=N/O. The number of amidine groups is 1. The van der Waals surface area contributed by atoms with Gasteiger partial charge in [-0.25, -0.2) is 0 Å². The maximum atomic E-state index is 11.7. The molecule has 1 aromatic carbocycles. The average Bonchev–Trinajstić information content (AvgIpc) is 2.43. The van der Waals surface area contributed by atoms with Gasteiger partial charge in [0, 0.05) is 18.4 Å². The second-order valence-corrected chi connectivity index (χ2v) is 5.13. The summed E-state index contributed by atoms with van der Waals surface area (Å²) in [6.45, 7) is 3.95. The molecule has 4 N–H and O–H groups in total. The number of hydrogen-bond donors (Lipinski definition) is 3. The first-order valence-corrected chi connectivity index (χ1v) is 6.24. The number of hydrogen-bond acceptors (Lipinski definition) is 3. The molecule has 0 spiro atoms. The number of nitrogens with two attached hydrogens (primary N) is 1. The Hall–Kier alpha value is -2.04. The van der Waals surface area contributed by atoms with Crippen LogP contribution in [-0.4, -0.2) is 23.5 Å². The summed E-state index contributed by atoms with van der Waals surface area (Å²) in [6.07, 6.45) is 1.13. The van der Waals surface area contributed by atoms with Gasteiger partial charge in [-0.05, 0) is 12.0 Å². The lowest BCUT2D eigenvalue weighted by Gasteiger charge is -2.23. The van der Waals surface area contributed by atoms with E-state index in [9.17, 15) is 4.79 Å². The van der Waals surface area contributed by atoms with Crippen LogP contribution in [0.25, 0.3) is 0 Å². The quantitative estimate of drug-likeness (QED) is 0.314. The number of rotatable bonds is 6. The zero-order valence-corrected chi connectivity index (χ0v) is 11.4. The molecular weight excluding hydrogens is 242 g/mol. The van der Waals surface area contributed by atoms with Crippen molar-refractivity contribution in [3.05, 3.63) is 35.9 Å². The molecule has 0 aliphatic heterocycles. The van der Waals surface area contributed by atoms with E-state index in [1.807, 2.05) is 30.3 Å². The molecular formula is C14H21N3O2. The predicted molar refractivity (Wildman–Crippen MR) is 75.0 cm³/mol. The maximum absolute atomic E-state index is 11.7. The third-order valence-electron chi connectivity index (χ3n) is 3.01. The van der Waals surface area contributed by atoms with Crippen molar-refractivity contribution in [1.29, 1.82) is 0 Å². The summed E-state index contributed by atoms with van der Waals surface area (Å²) in [5.74, 6) is 0.0681. The molecule has 0 bridgehead atoms. The van der Waals surface area contributed by atoms with E-state index >= 15 is 0 Å². The molecule has 0 aliphatic carbocycles. The molecule has 1 amide bonds. The van der Waals surface area contributed by atoms with Crippen LogP contribution in [0, 0.1) is 5.41 Å². The summed E-state index contributed by atoms with van der Waals surface area (Å²) in [4.78, 5) is 11.7. The molecule has 1 aromatic rings. The lowest BCUT2D eigenvalue weighted by Crippen LogP contribution is -2.42. The van der Waals surface area contributed by atoms with Gasteiger partial charge >= 0.3 is 0 Å². The Morgan fingerprint density at radius 1 is 1.37 bits per heavy atom. The first kappa shape index (κ1) is 15.0. The van der Waals surface area contributed by atoms with Gasteiger partial charge < -0.3 is 16.3 Å². The van der Waals surface area contributed by atoms with Gasteiger partial charge in [0.1, 0.15) is 5.84 Å². The van der Waals surface area contributed by atoms with Gasteiger partial charge in [0.25, 0.3) is 0 Å². The fraction of sp³-hybridized carbons (Fsp3) is 0.429. The van der Waals surface area contributed by atoms with E-state index in [-0.39, 0.29) is 11.7 Å². The first-order chi connectivity index (χ1) is 8.95. The van der Waals surface area contributed by atoms with Crippen LogP contribution in [-0.2, 0) is 11.2 Å². The van der Waals surface area contributed by atoms with Crippen molar-refractivity contribution in [2.75, 3.05) is 6.54 Å². The maximum Gasteiger partial charge on any atom is 0.220 e. The van der Waals surface area contributed by atoms with Gasteiger partial charge in [-0.15, -0.1) is 0 Å². The number of oxime groups is 1. The third kappa shape index (κ3) is 4.99. The molecule has 0 aliphatic rings. The number of nitrogens with zero attached hydrogens (tertiary/aromatic N) is 1. The highest BCUT2D eigenvalue weighted by atomic mass is 16.4. The molecule has 0 radical (unpaired) electrons. The van der Waals surface area contributed by atoms with Gasteiger partial charge in [0.15, 0.2) is 0 Å². The molecule has 0 unspecified atom stereocenters. The molecule has 0 saturated carbocycles. The van der Waals surface area contributed by atoms with Crippen LogP contribution in [0.3, 0.4) is 0 Å². The Labute approximate surface area is 113 Å². The van der Waals surface area contributed by atoms with Crippen LogP contribution in [0.15, 0.2) is 35.5 Å². The van der Waals surface area contributed by atoms with Crippen LogP contribution in [0.1, 0.15) is 25.8 Å². The summed E-state index contributed by atoms with van der Waals surface area (Å²) >= 11 is 0. The third-order valence-corrected chi connectivity index (χ3v) is 3.01. The molecule has 0 saturated heterocycles. The smallest absolute Gasteiger partial charge is 0.220 e. The van der Waals surface area contributed by atoms with E-state index in [4.69, 9.17) is 10.9 Å². The Kier molecular flexibility index (Phi) is 5.36. The van der Waals surface area contributed by atoms with Crippen LogP contribution >= 0.6 is 0 Å². The summed E-state index contributed by atoms with van der Waals surface area (Å²) in [7, 11) is 0.